The summed E-state index contributed by atoms with van der Waals surface area (Å²) in [5.41, 5.74) is -2.70. The van der Waals surface area contributed by atoms with Crippen molar-refractivity contribution in [1.82, 2.24) is 4.31 Å². The van der Waals surface area contributed by atoms with Crippen molar-refractivity contribution in [2.75, 3.05) is 31.1 Å². The first-order chi connectivity index (χ1) is 17.4. The van der Waals surface area contributed by atoms with E-state index in [1.54, 1.807) is 24.3 Å². The van der Waals surface area contributed by atoms with Crippen LogP contribution in [0, 0.1) is 0 Å². The standard InChI is InChI=1S/C25H27F3N2O5S2/c1-24(31,25(26,27)28)18-8-10-19(11-9-18)30-13-12-29(37(32,33)23-7-3-2-6-22(23)36)15-20(30)16-34-17-21-5-4-14-35-21/h2-5,7-11,14,20,31H,6,12-13,15-17H2,1H3/t20-,24?/m1/s1. The topological polar surface area (TPSA) is 83.2 Å². The molecule has 2 aromatic rings. The summed E-state index contributed by atoms with van der Waals surface area (Å²) >= 11 is 5.29. The second-order valence-corrected chi connectivity index (χ2v) is 11.4. The van der Waals surface area contributed by atoms with Crippen LogP contribution in [0.25, 0.3) is 0 Å². The molecule has 4 rings (SSSR count). The lowest BCUT2D eigenvalue weighted by Crippen LogP contribution is -2.57. The number of alkyl halides is 3. The van der Waals surface area contributed by atoms with Crippen LogP contribution in [-0.4, -0.2) is 61.2 Å². The lowest BCUT2D eigenvalue weighted by molar-refractivity contribution is -0.258. The highest BCUT2D eigenvalue weighted by Gasteiger charge is 2.51. The van der Waals surface area contributed by atoms with Crippen molar-refractivity contribution in [3.63, 3.8) is 0 Å². The molecule has 0 saturated carbocycles. The summed E-state index contributed by atoms with van der Waals surface area (Å²) in [6, 6.07) is 8.47. The van der Waals surface area contributed by atoms with Gasteiger partial charge in [-0.15, -0.1) is 0 Å². The first kappa shape index (κ1) is 27.5. The second-order valence-electron chi connectivity index (χ2n) is 9.01. The third-order valence-corrected chi connectivity index (χ3v) is 8.94. The number of halogens is 3. The van der Waals surface area contributed by atoms with Gasteiger partial charge < -0.3 is 19.2 Å². The van der Waals surface area contributed by atoms with E-state index in [9.17, 15) is 26.7 Å². The highest BCUT2D eigenvalue weighted by Crippen LogP contribution is 2.39. The summed E-state index contributed by atoms with van der Waals surface area (Å²) in [6.07, 6.45) is 2.03. The summed E-state index contributed by atoms with van der Waals surface area (Å²) in [6.45, 7) is 1.54. The van der Waals surface area contributed by atoms with Gasteiger partial charge in [0.25, 0.3) is 0 Å². The zero-order valence-electron chi connectivity index (χ0n) is 20.0. The third kappa shape index (κ3) is 5.83. The van der Waals surface area contributed by atoms with Crippen LogP contribution in [-0.2, 0) is 27.0 Å². The number of hydrogen-bond acceptors (Lipinski definition) is 7. The quantitative estimate of drug-likeness (QED) is 0.486. The van der Waals surface area contributed by atoms with E-state index >= 15 is 0 Å². The van der Waals surface area contributed by atoms with Crippen LogP contribution in [0.3, 0.4) is 0 Å². The molecule has 1 aromatic carbocycles. The molecule has 2 aliphatic rings. The number of allylic oxidation sites excluding steroid dienone is 4. The Hall–Kier alpha value is -2.51. The average molecular weight is 557 g/mol. The summed E-state index contributed by atoms with van der Waals surface area (Å²) in [5.74, 6) is 0.607. The van der Waals surface area contributed by atoms with Crippen molar-refractivity contribution in [1.29, 1.82) is 0 Å². The van der Waals surface area contributed by atoms with Crippen LogP contribution in [0.15, 0.2) is 70.2 Å². The van der Waals surface area contributed by atoms with Gasteiger partial charge in [-0.05, 0) is 42.8 Å². The number of aliphatic hydroxyl groups is 1. The maximum absolute atomic E-state index is 13.4. The number of benzene rings is 1. The molecule has 0 radical (unpaired) electrons. The predicted molar refractivity (Wildman–Crippen MR) is 136 cm³/mol. The number of piperazine rings is 1. The smallest absolute Gasteiger partial charge is 0.421 e. The van der Waals surface area contributed by atoms with E-state index in [4.69, 9.17) is 21.4 Å². The molecule has 200 valence electrons. The van der Waals surface area contributed by atoms with Crippen molar-refractivity contribution in [2.24, 2.45) is 0 Å². The Morgan fingerprint density at radius 1 is 1.19 bits per heavy atom. The van der Waals surface area contributed by atoms with Gasteiger partial charge in [0.05, 0.1) is 23.8 Å². The minimum Gasteiger partial charge on any atom is -0.467 e. The Morgan fingerprint density at radius 2 is 1.92 bits per heavy atom. The SMILES string of the molecule is CC(O)(c1ccc(N2CCN(S(=O)(=O)C3=CC=CCC3=S)C[C@@H]2COCc2ccco2)cc1)C(F)(F)F. The molecule has 1 aliphatic heterocycles. The first-order valence-corrected chi connectivity index (χ1v) is 13.4. The van der Waals surface area contributed by atoms with Gasteiger partial charge in [-0.3, -0.25) is 0 Å². The number of nitrogens with zero attached hydrogens (tertiary/aromatic N) is 2. The number of sulfonamides is 1. The van der Waals surface area contributed by atoms with Gasteiger partial charge in [-0.1, -0.05) is 36.5 Å². The molecule has 1 N–H and O–H groups in total. The maximum Gasteiger partial charge on any atom is 0.421 e. The van der Waals surface area contributed by atoms with Crippen LogP contribution in [0.5, 0.6) is 0 Å². The Labute approximate surface area is 218 Å². The van der Waals surface area contributed by atoms with Crippen LogP contribution in [0.1, 0.15) is 24.7 Å². The number of ether oxygens (including phenoxy) is 1. The van der Waals surface area contributed by atoms with E-state index in [0.717, 1.165) is 0 Å². The summed E-state index contributed by atoms with van der Waals surface area (Å²) < 4.78 is 79.0. The van der Waals surface area contributed by atoms with Gasteiger partial charge in [0.2, 0.25) is 10.0 Å². The largest absolute Gasteiger partial charge is 0.467 e. The van der Waals surface area contributed by atoms with Crippen LogP contribution >= 0.6 is 12.2 Å². The van der Waals surface area contributed by atoms with Gasteiger partial charge >= 0.3 is 6.18 Å². The zero-order chi connectivity index (χ0) is 26.8. The minimum absolute atomic E-state index is 0.0895. The molecule has 1 fully saturated rings. The molecular weight excluding hydrogens is 529 g/mol. The Bertz CT molecular complexity index is 1270. The van der Waals surface area contributed by atoms with Gasteiger partial charge in [0.15, 0.2) is 5.60 Å². The normalized spacial score (nSPS) is 21.1. The summed E-state index contributed by atoms with van der Waals surface area (Å²) in [7, 11) is -3.84. The number of furan rings is 1. The van der Waals surface area contributed by atoms with Crippen molar-refractivity contribution in [3.05, 3.63) is 77.1 Å². The molecule has 0 spiro atoms. The fourth-order valence-electron chi connectivity index (χ4n) is 4.25. The second kappa shape index (κ2) is 10.7. The lowest BCUT2D eigenvalue weighted by Gasteiger charge is -2.42. The van der Waals surface area contributed by atoms with Gasteiger partial charge in [0, 0.05) is 36.6 Å². The molecule has 12 heteroatoms. The van der Waals surface area contributed by atoms with Gasteiger partial charge in [-0.25, -0.2) is 8.42 Å². The summed E-state index contributed by atoms with van der Waals surface area (Å²) in [4.78, 5) is 2.35. The minimum atomic E-state index is -4.83. The number of hydrogen-bond donors (Lipinski definition) is 1. The molecule has 1 aromatic heterocycles. The molecule has 0 bridgehead atoms. The average Bonchev–Trinajstić information content (AvgIpc) is 3.37. The Balaban J connectivity index is 1.56. The lowest BCUT2D eigenvalue weighted by atomic mass is 9.95. The van der Waals surface area contributed by atoms with Crippen molar-refractivity contribution in [2.45, 2.75) is 37.8 Å². The third-order valence-electron chi connectivity index (χ3n) is 6.47. The number of thiocarbonyl (C=S) groups is 1. The number of rotatable bonds is 8. The van der Waals surface area contributed by atoms with E-state index < -0.39 is 27.8 Å². The van der Waals surface area contributed by atoms with Crippen molar-refractivity contribution >= 4 is 32.8 Å². The fraction of sp³-hybridized carbons (Fsp3) is 0.400. The van der Waals surface area contributed by atoms with Crippen LogP contribution in [0.2, 0.25) is 0 Å². The highest BCUT2D eigenvalue weighted by molar-refractivity contribution is 7.96. The monoisotopic (exact) mass is 556 g/mol. The molecule has 1 aliphatic carbocycles. The molecule has 0 amide bonds. The van der Waals surface area contributed by atoms with E-state index in [-0.39, 0.29) is 43.3 Å². The van der Waals surface area contributed by atoms with E-state index in [0.29, 0.717) is 29.7 Å². The first-order valence-electron chi connectivity index (χ1n) is 11.6. The Morgan fingerprint density at radius 3 is 2.54 bits per heavy atom. The Kier molecular flexibility index (Phi) is 7.96. The van der Waals surface area contributed by atoms with Crippen molar-refractivity contribution in [3.8, 4) is 0 Å². The van der Waals surface area contributed by atoms with E-state index in [2.05, 4.69) is 0 Å². The van der Waals surface area contributed by atoms with Crippen molar-refractivity contribution < 1.29 is 35.8 Å². The molecule has 1 saturated heterocycles. The number of anilines is 1. The van der Waals surface area contributed by atoms with Gasteiger partial charge in [0.1, 0.15) is 12.4 Å². The molecule has 1 unspecified atom stereocenters. The van der Waals surface area contributed by atoms with Crippen LogP contribution in [0.4, 0.5) is 18.9 Å². The predicted octanol–water partition coefficient (Wildman–Crippen LogP) is 4.30. The zero-order valence-corrected chi connectivity index (χ0v) is 21.7. The van der Waals surface area contributed by atoms with Gasteiger partial charge in [-0.2, -0.15) is 17.5 Å². The molecule has 2 heterocycles. The van der Waals surface area contributed by atoms with E-state index in [1.165, 1.54) is 40.9 Å². The summed E-state index contributed by atoms with van der Waals surface area (Å²) in [5, 5.41) is 9.99. The fourth-order valence-corrected chi connectivity index (χ4v) is 6.32. The van der Waals surface area contributed by atoms with E-state index in [1.807, 2.05) is 4.90 Å². The maximum atomic E-state index is 13.4. The molecular formula is C25H27F3N2O5S2. The molecule has 37 heavy (non-hydrogen) atoms. The molecule has 2 atom stereocenters. The highest BCUT2D eigenvalue weighted by atomic mass is 32.2. The molecule has 7 nitrogen and oxygen atoms in total. The van der Waals surface area contributed by atoms with Crippen LogP contribution < -0.4 is 4.90 Å².